The monoisotopic (exact) mass is 224 g/mol. The van der Waals surface area contributed by atoms with Gasteiger partial charge in [-0.1, -0.05) is 6.08 Å². The highest BCUT2D eigenvalue weighted by Gasteiger charge is 2.09. The summed E-state index contributed by atoms with van der Waals surface area (Å²) < 4.78 is 4.90. The van der Waals surface area contributed by atoms with Crippen molar-refractivity contribution in [1.82, 2.24) is 0 Å². The van der Waals surface area contributed by atoms with Gasteiger partial charge in [0, 0.05) is 9.75 Å². The van der Waals surface area contributed by atoms with E-state index in [9.17, 15) is 4.79 Å². The fraction of sp³-hybridized carbons (Fsp3) is 0.417. The lowest BCUT2D eigenvalue weighted by Crippen LogP contribution is -2.06. The number of carbonyl (C=O) groups is 1. The van der Waals surface area contributed by atoms with Crippen molar-refractivity contribution >= 4 is 17.3 Å². The van der Waals surface area contributed by atoms with E-state index in [1.54, 1.807) is 11.3 Å². The zero-order chi connectivity index (χ0) is 11.3. The molecule has 0 amide bonds. The van der Waals surface area contributed by atoms with Crippen LogP contribution >= 0.6 is 11.3 Å². The maximum absolute atomic E-state index is 11.3. The smallest absolute Gasteiger partial charge is 0.311 e. The van der Waals surface area contributed by atoms with Crippen molar-refractivity contribution in [2.24, 2.45) is 0 Å². The van der Waals surface area contributed by atoms with E-state index in [1.807, 2.05) is 13.0 Å². The molecular formula is C12H16O2S. The fourth-order valence-corrected chi connectivity index (χ4v) is 2.45. The van der Waals surface area contributed by atoms with Gasteiger partial charge >= 0.3 is 5.97 Å². The average molecular weight is 224 g/mol. The Kier molecular flexibility index (Phi) is 4.56. The normalized spacial score (nSPS) is 10.0. The Bertz CT molecular complexity index is 353. The van der Waals surface area contributed by atoms with Gasteiger partial charge in [-0.3, -0.25) is 4.79 Å². The molecule has 0 saturated carbocycles. The highest BCUT2D eigenvalue weighted by molar-refractivity contribution is 7.12. The molecule has 0 fully saturated rings. The van der Waals surface area contributed by atoms with Gasteiger partial charge in [0.05, 0.1) is 13.0 Å². The van der Waals surface area contributed by atoms with Crippen LogP contribution in [0.15, 0.2) is 18.7 Å². The summed E-state index contributed by atoms with van der Waals surface area (Å²) in [5.74, 6) is -0.149. The van der Waals surface area contributed by atoms with Gasteiger partial charge < -0.3 is 4.74 Å². The van der Waals surface area contributed by atoms with Crippen molar-refractivity contribution in [3.8, 4) is 0 Å². The summed E-state index contributed by atoms with van der Waals surface area (Å²) >= 11 is 1.66. The molecular weight excluding hydrogens is 208 g/mol. The molecule has 1 heterocycles. The molecule has 3 heteroatoms. The van der Waals surface area contributed by atoms with E-state index in [0.29, 0.717) is 13.0 Å². The first-order valence-corrected chi connectivity index (χ1v) is 5.83. The third kappa shape index (κ3) is 3.51. The second-order valence-corrected chi connectivity index (χ2v) is 4.61. The summed E-state index contributed by atoms with van der Waals surface area (Å²) in [5.41, 5.74) is 1.26. The topological polar surface area (TPSA) is 26.3 Å². The fourth-order valence-electron chi connectivity index (χ4n) is 1.39. The number of ether oxygens (including phenoxy) is 1. The van der Waals surface area contributed by atoms with Gasteiger partial charge in [-0.2, -0.15) is 0 Å². The van der Waals surface area contributed by atoms with Crippen molar-refractivity contribution < 1.29 is 9.53 Å². The molecule has 15 heavy (non-hydrogen) atoms. The molecule has 0 N–H and O–H groups in total. The lowest BCUT2D eigenvalue weighted by atomic mass is 10.2. The van der Waals surface area contributed by atoms with Gasteiger partial charge in [0.25, 0.3) is 0 Å². The molecule has 0 aliphatic carbocycles. The highest BCUT2D eigenvalue weighted by atomic mass is 32.1. The summed E-state index contributed by atoms with van der Waals surface area (Å²) in [6.45, 7) is 8.04. The largest absolute Gasteiger partial charge is 0.466 e. The first-order chi connectivity index (χ1) is 7.17. The van der Waals surface area contributed by atoms with Crippen LogP contribution in [0, 0.1) is 6.92 Å². The van der Waals surface area contributed by atoms with Gasteiger partial charge in [-0.15, -0.1) is 17.9 Å². The summed E-state index contributed by atoms with van der Waals surface area (Å²) in [6, 6.07) is 2.07. The Morgan fingerprint density at radius 3 is 3.00 bits per heavy atom. The number of carbonyl (C=O) groups excluding carboxylic acids is 1. The van der Waals surface area contributed by atoms with Crippen LogP contribution in [0.2, 0.25) is 0 Å². The maximum atomic E-state index is 11.3. The molecule has 82 valence electrons. The minimum atomic E-state index is -0.149. The summed E-state index contributed by atoms with van der Waals surface area (Å²) in [7, 11) is 0. The number of thiophene rings is 1. The van der Waals surface area contributed by atoms with Crippen molar-refractivity contribution in [2.75, 3.05) is 6.61 Å². The van der Waals surface area contributed by atoms with Crippen LogP contribution in [0.25, 0.3) is 0 Å². The SMILES string of the molecule is C=CCc1cc(CC(=O)OCC)sc1C. The van der Waals surface area contributed by atoms with Gasteiger partial charge in [0.2, 0.25) is 0 Å². The first kappa shape index (κ1) is 12.0. The second kappa shape index (κ2) is 5.71. The van der Waals surface area contributed by atoms with Gasteiger partial charge in [0.15, 0.2) is 0 Å². The summed E-state index contributed by atoms with van der Waals surface area (Å²) in [4.78, 5) is 13.6. The molecule has 0 radical (unpaired) electrons. The molecule has 0 aromatic carbocycles. The number of rotatable bonds is 5. The van der Waals surface area contributed by atoms with Crippen LogP contribution in [0.3, 0.4) is 0 Å². The van der Waals surface area contributed by atoms with Crippen molar-refractivity contribution in [2.45, 2.75) is 26.7 Å². The van der Waals surface area contributed by atoms with Crippen LogP contribution in [0.1, 0.15) is 22.2 Å². The zero-order valence-corrected chi connectivity index (χ0v) is 10.0. The Balaban J connectivity index is 2.66. The molecule has 0 atom stereocenters. The quantitative estimate of drug-likeness (QED) is 0.568. The van der Waals surface area contributed by atoms with Crippen LogP contribution in [-0.2, 0) is 22.4 Å². The molecule has 0 spiro atoms. The second-order valence-electron chi connectivity index (χ2n) is 3.27. The molecule has 1 rings (SSSR count). The number of esters is 1. The molecule has 0 aliphatic rings. The lowest BCUT2D eigenvalue weighted by Gasteiger charge is -1.98. The van der Waals surface area contributed by atoms with Crippen LogP contribution < -0.4 is 0 Å². The molecule has 0 saturated heterocycles. The molecule has 0 aliphatic heterocycles. The Hall–Kier alpha value is -1.09. The molecule has 2 nitrogen and oxygen atoms in total. The van der Waals surface area contributed by atoms with E-state index in [2.05, 4.69) is 19.6 Å². The Morgan fingerprint density at radius 2 is 2.40 bits per heavy atom. The number of hydrogen-bond donors (Lipinski definition) is 0. The summed E-state index contributed by atoms with van der Waals surface area (Å²) in [5, 5.41) is 0. The van der Waals surface area contributed by atoms with E-state index in [-0.39, 0.29) is 5.97 Å². The standard InChI is InChI=1S/C12H16O2S/c1-4-6-10-7-11(15-9(10)3)8-12(13)14-5-2/h4,7H,1,5-6,8H2,2-3H3. The minimum Gasteiger partial charge on any atom is -0.466 e. The van der Waals surface area contributed by atoms with E-state index in [1.165, 1.54) is 10.4 Å². The molecule has 1 aromatic rings. The van der Waals surface area contributed by atoms with Crippen molar-refractivity contribution in [3.63, 3.8) is 0 Å². The van der Waals surface area contributed by atoms with E-state index in [4.69, 9.17) is 4.74 Å². The minimum absolute atomic E-state index is 0.149. The first-order valence-electron chi connectivity index (χ1n) is 5.02. The number of aryl methyl sites for hydroxylation is 1. The van der Waals surface area contributed by atoms with Gasteiger partial charge in [-0.25, -0.2) is 0 Å². The summed E-state index contributed by atoms with van der Waals surface area (Å²) in [6.07, 6.45) is 3.13. The average Bonchev–Trinajstić information content (AvgIpc) is 2.48. The molecule has 1 aromatic heterocycles. The number of allylic oxidation sites excluding steroid dienone is 1. The van der Waals surface area contributed by atoms with E-state index >= 15 is 0 Å². The van der Waals surface area contributed by atoms with Crippen LogP contribution in [0.4, 0.5) is 0 Å². The third-order valence-corrected chi connectivity index (χ3v) is 3.15. The molecule has 0 unspecified atom stereocenters. The van der Waals surface area contributed by atoms with E-state index in [0.717, 1.165) is 11.3 Å². The maximum Gasteiger partial charge on any atom is 0.311 e. The predicted octanol–water partition coefficient (Wildman–Crippen LogP) is 2.89. The van der Waals surface area contributed by atoms with Crippen LogP contribution in [0.5, 0.6) is 0 Å². The molecule has 0 bridgehead atoms. The zero-order valence-electron chi connectivity index (χ0n) is 9.21. The van der Waals surface area contributed by atoms with Gasteiger partial charge in [0.1, 0.15) is 0 Å². The Morgan fingerprint density at radius 1 is 1.67 bits per heavy atom. The third-order valence-electron chi connectivity index (χ3n) is 2.06. The van der Waals surface area contributed by atoms with Gasteiger partial charge in [-0.05, 0) is 31.9 Å². The highest BCUT2D eigenvalue weighted by Crippen LogP contribution is 2.22. The van der Waals surface area contributed by atoms with Crippen molar-refractivity contribution in [1.29, 1.82) is 0 Å². The predicted molar refractivity (Wildman–Crippen MR) is 63.3 cm³/mol. The number of hydrogen-bond acceptors (Lipinski definition) is 3. The van der Waals surface area contributed by atoms with Crippen LogP contribution in [-0.4, -0.2) is 12.6 Å². The van der Waals surface area contributed by atoms with E-state index < -0.39 is 0 Å². The Labute approximate surface area is 94.6 Å². The lowest BCUT2D eigenvalue weighted by molar-refractivity contribution is -0.142. The van der Waals surface area contributed by atoms with Crippen molar-refractivity contribution in [3.05, 3.63) is 34.0 Å².